The maximum atomic E-state index is 12.0. The zero-order valence-corrected chi connectivity index (χ0v) is 13.7. The van der Waals surface area contributed by atoms with E-state index in [1.165, 1.54) is 0 Å². The number of nitrogens with one attached hydrogen (secondary N) is 1. The standard InChI is InChI=1S/C14H17IN2O4/c1-17(12-8-21-7-11(12)14(19)20)6-13(18)16-10-4-2-3-9(15)5-10/h2-5,11-12H,6-8H2,1H3,(H,16,18)(H,19,20). The molecule has 1 fully saturated rings. The lowest BCUT2D eigenvalue weighted by molar-refractivity contribution is -0.143. The average Bonchev–Trinajstić information content (AvgIpc) is 2.87. The van der Waals surface area contributed by atoms with Gasteiger partial charge in [0.2, 0.25) is 5.91 Å². The molecule has 114 valence electrons. The lowest BCUT2D eigenvalue weighted by Crippen LogP contribution is -2.44. The van der Waals surface area contributed by atoms with Crippen LogP contribution in [-0.2, 0) is 14.3 Å². The van der Waals surface area contributed by atoms with E-state index in [0.29, 0.717) is 6.61 Å². The minimum Gasteiger partial charge on any atom is -0.481 e. The van der Waals surface area contributed by atoms with Gasteiger partial charge in [0.15, 0.2) is 0 Å². The maximum absolute atomic E-state index is 12.0. The molecule has 1 aliphatic heterocycles. The van der Waals surface area contributed by atoms with Gasteiger partial charge < -0.3 is 15.2 Å². The van der Waals surface area contributed by atoms with Crippen LogP contribution in [0.1, 0.15) is 0 Å². The summed E-state index contributed by atoms with van der Waals surface area (Å²) in [5, 5.41) is 11.9. The summed E-state index contributed by atoms with van der Waals surface area (Å²) in [5.41, 5.74) is 0.734. The Bertz CT molecular complexity index is 537. The normalized spacial score (nSPS) is 21.5. The molecule has 6 nitrogen and oxygen atoms in total. The van der Waals surface area contributed by atoms with Crippen LogP contribution < -0.4 is 5.32 Å². The fourth-order valence-corrected chi connectivity index (χ4v) is 2.87. The number of carbonyl (C=O) groups is 2. The first-order chi connectivity index (χ1) is 9.97. The summed E-state index contributed by atoms with van der Waals surface area (Å²) in [6.07, 6.45) is 0. The lowest BCUT2D eigenvalue weighted by atomic mass is 10.0. The Morgan fingerprint density at radius 3 is 2.90 bits per heavy atom. The number of carboxylic acids is 1. The molecule has 1 heterocycles. The van der Waals surface area contributed by atoms with Crippen molar-refractivity contribution >= 4 is 40.2 Å². The number of carboxylic acid groups (broad SMARTS) is 1. The van der Waals surface area contributed by atoms with Crippen LogP contribution in [-0.4, -0.2) is 54.7 Å². The van der Waals surface area contributed by atoms with Crippen LogP contribution in [0, 0.1) is 9.49 Å². The Labute approximate surface area is 136 Å². The summed E-state index contributed by atoms with van der Waals surface area (Å²) in [7, 11) is 1.74. The van der Waals surface area contributed by atoms with Crippen LogP contribution in [0.2, 0.25) is 0 Å². The summed E-state index contributed by atoms with van der Waals surface area (Å²) < 4.78 is 6.25. The van der Waals surface area contributed by atoms with Gasteiger partial charge in [-0.3, -0.25) is 14.5 Å². The number of ether oxygens (including phenoxy) is 1. The molecule has 1 aliphatic rings. The zero-order chi connectivity index (χ0) is 15.4. The van der Waals surface area contributed by atoms with Crippen LogP contribution >= 0.6 is 22.6 Å². The van der Waals surface area contributed by atoms with Gasteiger partial charge in [0.05, 0.1) is 25.7 Å². The van der Waals surface area contributed by atoms with Crippen molar-refractivity contribution in [1.82, 2.24) is 4.90 Å². The number of nitrogens with zero attached hydrogens (tertiary/aromatic N) is 1. The molecule has 0 bridgehead atoms. The molecule has 1 amide bonds. The molecule has 2 rings (SSSR count). The molecule has 0 spiro atoms. The van der Waals surface area contributed by atoms with E-state index in [0.717, 1.165) is 9.26 Å². The lowest BCUT2D eigenvalue weighted by Gasteiger charge is -2.25. The van der Waals surface area contributed by atoms with Crippen molar-refractivity contribution in [2.75, 3.05) is 32.1 Å². The number of aliphatic carboxylic acids is 1. The summed E-state index contributed by atoms with van der Waals surface area (Å²) >= 11 is 2.17. The molecule has 0 aliphatic carbocycles. The first-order valence-corrected chi connectivity index (χ1v) is 7.61. The van der Waals surface area contributed by atoms with Crippen molar-refractivity contribution in [1.29, 1.82) is 0 Å². The molecule has 7 heteroatoms. The number of halogens is 1. The number of carbonyl (C=O) groups excluding carboxylic acids is 1. The molecule has 0 aromatic heterocycles. The van der Waals surface area contributed by atoms with E-state index in [4.69, 9.17) is 9.84 Å². The van der Waals surface area contributed by atoms with E-state index < -0.39 is 11.9 Å². The molecular formula is C14H17IN2O4. The molecule has 1 saturated heterocycles. The molecule has 0 saturated carbocycles. The summed E-state index contributed by atoms with van der Waals surface area (Å²) in [6, 6.07) is 7.22. The Morgan fingerprint density at radius 1 is 1.48 bits per heavy atom. The number of likely N-dealkylation sites (N-methyl/N-ethyl adjacent to an activating group) is 1. The molecule has 2 atom stereocenters. The zero-order valence-electron chi connectivity index (χ0n) is 11.6. The number of benzene rings is 1. The van der Waals surface area contributed by atoms with Crippen LogP contribution in [0.25, 0.3) is 0 Å². The molecule has 2 N–H and O–H groups in total. The van der Waals surface area contributed by atoms with Gasteiger partial charge in [-0.25, -0.2) is 0 Å². The van der Waals surface area contributed by atoms with E-state index in [1.807, 2.05) is 24.3 Å². The second kappa shape index (κ2) is 7.19. The fourth-order valence-electron chi connectivity index (χ4n) is 2.32. The van der Waals surface area contributed by atoms with Gasteiger partial charge in [0.25, 0.3) is 0 Å². The molecule has 2 unspecified atom stereocenters. The topological polar surface area (TPSA) is 78.9 Å². The van der Waals surface area contributed by atoms with Crippen molar-refractivity contribution < 1.29 is 19.4 Å². The van der Waals surface area contributed by atoms with Gasteiger partial charge in [-0.15, -0.1) is 0 Å². The predicted octanol–water partition coefficient (Wildman–Crippen LogP) is 1.26. The molecule has 1 aromatic carbocycles. The number of rotatable bonds is 5. The van der Waals surface area contributed by atoms with Gasteiger partial charge >= 0.3 is 5.97 Å². The van der Waals surface area contributed by atoms with Gasteiger partial charge in [-0.1, -0.05) is 6.07 Å². The maximum Gasteiger partial charge on any atom is 0.310 e. The van der Waals surface area contributed by atoms with E-state index in [9.17, 15) is 9.59 Å². The first kappa shape index (κ1) is 16.2. The number of hydrogen-bond acceptors (Lipinski definition) is 4. The van der Waals surface area contributed by atoms with E-state index in [2.05, 4.69) is 27.9 Å². The van der Waals surface area contributed by atoms with Crippen LogP contribution in [0.3, 0.4) is 0 Å². The summed E-state index contributed by atoms with van der Waals surface area (Å²) in [6.45, 7) is 0.663. The minimum absolute atomic E-state index is 0.128. The highest BCUT2D eigenvalue weighted by atomic mass is 127. The molecular weight excluding hydrogens is 387 g/mol. The Hall–Kier alpha value is -1.19. The van der Waals surface area contributed by atoms with Crippen molar-refractivity contribution in [3.05, 3.63) is 27.8 Å². The smallest absolute Gasteiger partial charge is 0.310 e. The highest BCUT2D eigenvalue weighted by Crippen LogP contribution is 2.19. The second-order valence-electron chi connectivity index (χ2n) is 5.02. The molecule has 0 radical (unpaired) electrons. The quantitative estimate of drug-likeness (QED) is 0.723. The Balaban J connectivity index is 1.91. The molecule has 1 aromatic rings. The van der Waals surface area contributed by atoms with Gasteiger partial charge in [-0.2, -0.15) is 0 Å². The van der Waals surface area contributed by atoms with Gasteiger partial charge in [-0.05, 0) is 47.8 Å². The predicted molar refractivity (Wildman–Crippen MR) is 86.2 cm³/mol. The van der Waals surface area contributed by atoms with E-state index >= 15 is 0 Å². The largest absolute Gasteiger partial charge is 0.481 e. The summed E-state index contributed by atoms with van der Waals surface area (Å²) in [4.78, 5) is 24.9. The number of anilines is 1. The van der Waals surface area contributed by atoms with Crippen LogP contribution in [0.4, 0.5) is 5.69 Å². The first-order valence-electron chi connectivity index (χ1n) is 6.53. The van der Waals surface area contributed by atoms with E-state index in [1.54, 1.807) is 11.9 Å². The van der Waals surface area contributed by atoms with Crippen molar-refractivity contribution in [2.24, 2.45) is 5.92 Å². The van der Waals surface area contributed by atoms with Crippen LogP contribution in [0.5, 0.6) is 0 Å². The fraction of sp³-hybridized carbons (Fsp3) is 0.429. The highest BCUT2D eigenvalue weighted by Gasteiger charge is 2.37. The Morgan fingerprint density at radius 2 is 2.24 bits per heavy atom. The van der Waals surface area contributed by atoms with Crippen LogP contribution in [0.15, 0.2) is 24.3 Å². The monoisotopic (exact) mass is 404 g/mol. The number of amides is 1. The van der Waals surface area contributed by atoms with Gasteiger partial charge in [0, 0.05) is 15.3 Å². The van der Waals surface area contributed by atoms with E-state index in [-0.39, 0.29) is 25.1 Å². The highest BCUT2D eigenvalue weighted by molar-refractivity contribution is 14.1. The van der Waals surface area contributed by atoms with Crippen molar-refractivity contribution in [3.63, 3.8) is 0 Å². The average molecular weight is 404 g/mol. The van der Waals surface area contributed by atoms with Gasteiger partial charge in [0.1, 0.15) is 0 Å². The third kappa shape index (κ3) is 4.39. The number of hydrogen-bond donors (Lipinski definition) is 2. The molecule has 21 heavy (non-hydrogen) atoms. The second-order valence-corrected chi connectivity index (χ2v) is 6.27. The third-order valence-corrected chi connectivity index (χ3v) is 4.11. The third-order valence-electron chi connectivity index (χ3n) is 3.44. The SMILES string of the molecule is CN(CC(=O)Nc1cccc(I)c1)C1COCC1C(=O)O. The Kier molecular flexibility index (Phi) is 5.54. The van der Waals surface area contributed by atoms with Crippen molar-refractivity contribution in [2.45, 2.75) is 6.04 Å². The summed E-state index contributed by atoms with van der Waals surface area (Å²) in [5.74, 6) is -1.64. The minimum atomic E-state index is -0.887. The van der Waals surface area contributed by atoms with Crippen molar-refractivity contribution in [3.8, 4) is 0 Å².